The molecule has 3 aromatic carbocycles. The molecule has 0 bridgehead atoms. The van der Waals surface area contributed by atoms with E-state index in [-0.39, 0.29) is 11.5 Å². The van der Waals surface area contributed by atoms with Crippen molar-refractivity contribution < 1.29 is 4.79 Å². The van der Waals surface area contributed by atoms with E-state index < -0.39 is 6.04 Å². The summed E-state index contributed by atoms with van der Waals surface area (Å²) in [5.74, 6) is 0.426. The van der Waals surface area contributed by atoms with E-state index in [0.717, 1.165) is 40.1 Å². The van der Waals surface area contributed by atoms with Crippen molar-refractivity contribution in [3.8, 4) is 0 Å². The molecule has 1 aromatic heterocycles. The topological polar surface area (TPSA) is 78.4 Å². The minimum Gasteiger partial charge on any atom is -0.310 e. The summed E-state index contributed by atoms with van der Waals surface area (Å²) in [6, 6.07) is 18.8. The fourth-order valence-electron chi connectivity index (χ4n) is 5.10. The van der Waals surface area contributed by atoms with Crippen LogP contribution in [0.2, 0.25) is 0 Å². The van der Waals surface area contributed by atoms with Gasteiger partial charge in [-0.15, -0.1) is 0 Å². The van der Waals surface area contributed by atoms with Gasteiger partial charge in [-0.25, -0.2) is 4.98 Å². The third-order valence-corrected chi connectivity index (χ3v) is 6.45. The number of H-pyrrole nitrogens is 1. The second kappa shape index (κ2) is 7.24. The predicted octanol–water partition coefficient (Wildman–Crippen LogP) is 4.02. The highest BCUT2D eigenvalue weighted by Gasteiger charge is 2.38. The molecule has 6 heteroatoms. The second-order valence-electron chi connectivity index (χ2n) is 8.70. The molecule has 162 valence electrons. The number of amides is 1. The molecular formula is C27H22N4O2. The molecular weight excluding hydrogens is 412 g/mol. The average Bonchev–Trinajstić information content (AvgIpc) is 3.18. The number of benzene rings is 3. The van der Waals surface area contributed by atoms with E-state index >= 15 is 0 Å². The molecule has 6 nitrogen and oxygen atoms in total. The molecule has 0 saturated heterocycles. The number of aromatic amines is 1. The van der Waals surface area contributed by atoms with Gasteiger partial charge in [0.05, 0.1) is 22.3 Å². The standard InChI is InChI=1S/C27H22N4O2/c1-15-13-18-11-12-31-25(18)20(14-15)23(17-7-4-3-5-8-17)30-24(27(31)33)19-9-6-10-21-22(19)26(32)29-16(2)28-21/h3-10,13-14,24H,11-12H2,1-2H3,(H,28,29,32). The van der Waals surface area contributed by atoms with Crippen LogP contribution < -0.4 is 10.5 Å². The first-order valence-corrected chi connectivity index (χ1v) is 11.1. The summed E-state index contributed by atoms with van der Waals surface area (Å²) in [5, 5.41) is 0.416. The molecule has 1 atom stereocenters. The highest BCUT2D eigenvalue weighted by atomic mass is 16.2. The first-order chi connectivity index (χ1) is 16.0. The Morgan fingerprint density at radius 1 is 1.00 bits per heavy atom. The normalized spacial score (nSPS) is 17.2. The van der Waals surface area contributed by atoms with Crippen LogP contribution in [0.1, 0.15) is 39.7 Å². The maximum atomic E-state index is 13.9. The fourth-order valence-corrected chi connectivity index (χ4v) is 5.10. The molecule has 1 amide bonds. The van der Waals surface area contributed by atoms with Crippen molar-refractivity contribution in [3.05, 3.63) is 105 Å². The van der Waals surface area contributed by atoms with Gasteiger partial charge < -0.3 is 9.88 Å². The molecule has 3 heterocycles. The number of nitrogens with one attached hydrogen (secondary N) is 1. The van der Waals surface area contributed by atoms with Crippen LogP contribution in [0.25, 0.3) is 10.9 Å². The summed E-state index contributed by atoms with van der Waals surface area (Å²) in [4.78, 5) is 41.1. The largest absolute Gasteiger partial charge is 0.310 e. The van der Waals surface area contributed by atoms with Crippen LogP contribution in [-0.4, -0.2) is 28.1 Å². The van der Waals surface area contributed by atoms with Crippen molar-refractivity contribution in [2.24, 2.45) is 4.99 Å². The van der Waals surface area contributed by atoms with Crippen LogP contribution in [-0.2, 0) is 11.2 Å². The molecule has 6 rings (SSSR count). The van der Waals surface area contributed by atoms with Crippen molar-refractivity contribution in [1.82, 2.24) is 9.97 Å². The number of aromatic nitrogens is 2. The van der Waals surface area contributed by atoms with Crippen molar-refractivity contribution >= 4 is 28.2 Å². The number of rotatable bonds is 2. The molecule has 1 unspecified atom stereocenters. The van der Waals surface area contributed by atoms with E-state index in [0.29, 0.717) is 28.8 Å². The van der Waals surface area contributed by atoms with Crippen LogP contribution in [0.3, 0.4) is 0 Å². The number of carbonyl (C=O) groups is 1. The minimum absolute atomic E-state index is 0.114. The lowest BCUT2D eigenvalue weighted by molar-refractivity contribution is -0.119. The highest BCUT2D eigenvalue weighted by Crippen LogP contribution is 2.40. The minimum atomic E-state index is -0.840. The number of aliphatic imine (C=N–C) groups is 1. The quantitative estimate of drug-likeness (QED) is 0.518. The van der Waals surface area contributed by atoms with Crippen LogP contribution in [0.5, 0.6) is 0 Å². The van der Waals surface area contributed by atoms with E-state index in [1.54, 1.807) is 13.0 Å². The Morgan fingerprint density at radius 3 is 2.64 bits per heavy atom. The highest BCUT2D eigenvalue weighted by molar-refractivity contribution is 6.21. The third kappa shape index (κ3) is 3.02. The lowest BCUT2D eigenvalue weighted by Crippen LogP contribution is -2.33. The zero-order valence-corrected chi connectivity index (χ0v) is 18.4. The summed E-state index contributed by atoms with van der Waals surface area (Å²) in [6.45, 7) is 4.43. The van der Waals surface area contributed by atoms with E-state index in [2.05, 4.69) is 29.0 Å². The Bertz CT molecular complexity index is 1540. The number of nitrogens with zero attached hydrogens (tertiary/aromatic N) is 3. The number of aryl methyl sites for hydroxylation is 2. The zero-order chi connectivity index (χ0) is 22.7. The fraction of sp³-hybridized carbons (Fsp3) is 0.185. The van der Waals surface area contributed by atoms with E-state index in [9.17, 15) is 9.59 Å². The van der Waals surface area contributed by atoms with Gasteiger partial charge in [-0.3, -0.25) is 14.6 Å². The Kier molecular flexibility index (Phi) is 4.30. The number of carbonyl (C=O) groups excluding carboxylic acids is 1. The van der Waals surface area contributed by atoms with Gasteiger partial charge in [-0.2, -0.15) is 0 Å². The van der Waals surface area contributed by atoms with E-state index in [4.69, 9.17) is 4.99 Å². The van der Waals surface area contributed by atoms with Crippen molar-refractivity contribution in [3.63, 3.8) is 0 Å². The summed E-state index contributed by atoms with van der Waals surface area (Å²) in [6.07, 6.45) is 0.807. The number of hydrogen-bond donors (Lipinski definition) is 1. The molecule has 0 radical (unpaired) electrons. The van der Waals surface area contributed by atoms with E-state index in [1.165, 1.54) is 0 Å². The van der Waals surface area contributed by atoms with Gasteiger partial charge in [-0.05, 0) is 38.0 Å². The number of hydrogen-bond acceptors (Lipinski definition) is 4. The number of anilines is 1. The molecule has 0 saturated carbocycles. The van der Waals surface area contributed by atoms with Crippen LogP contribution in [0, 0.1) is 13.8 Å². The summed E-state index contributed by atoms with van der Waals surface area (Å²) >= 11 is 0. The summed E-state index contributed by atoms with van der Waals surface area (Å²) in [7, 11) is 0. The zero-order valence-electron chi connectivity index (χ0n) is 18.4. The second-order valence-corrected chi connectivity index (χ2v) is 8.70. The average molecular weight is 434 g/mol. The Hall–Kier alpha value is -4.06. The Morgan fingerprint density at radius 2 is 1.82 bits per heavy atom. The number of fused-ring (bicyclic) bond motifs is 1. The molecule has 0 spiro atoms. The summed E-state index contributed by atoms with van der Waals surface area (Å²) < 4.78 is 0. The maximum absolute atomic E-state index is 13.9. The van der Waals surface area contributed by atoms with Crippen molar-refractivity contribution in [2.45, 2.75) is 26.3 Å². The van der Waals surface area contributed by atoms with E-state index in [1.807, 2.05) is 47.4 Å². The van der Waals surface area contributed by atoms with Gasteiger partial charge >= 0.3 is 0 Å². The van der Waals surface area contributed by atoms with Gasteiger partial charge in [0.25, 0.3) is 11.5 Å². The van der Waals surface area contributed by atoms with Gasteiger partial charge in [0.1, 0.15) is 5.82 Å². The monoisotopic (exact) mass is 434 g/mol. The molecule has 2 aliphatic rings. The third-order valence-electron chi connectivity index (χ3n) is 6.45. The molecule has 33 heavy (non-hydrogen) atoms. The van der Waals surface area contributed by atoms with Gasteiger partial charge in [0.2, 0.25) is 0 Å². The van der Waals surface area contributed by atoms with Crippen LogP contribution >= 0.6 is 0 Å². The maximum Gasteiger partial charge on any atom is 0.259 e. The van der Waals surface area contributed by atoms with Gasteiger partial charge in [-0.1, -0.05) is 54.1 Å². The smallest absolute Gasteiger partial charge is 0.259 e. The summed E-state index contributed by atoms with van der Waals surface area (Å²) in [5.41, 5.74) is 6.82. The van der Waals surface area contributed by atoms with Crippen molar-refractivity contribution in [2.75, 3.05) is 11.4 Å². The Balaban J connectivity index is 1.67. The first-order valence-electron chi connectivity index (χ1n) is 11.1. The van der Waals surface area contributed by atoms with Crippen LogP contribution in [0.15, 0.2) is 70.5 Å². The molecule has 2 aliphatic heterocycles. The van der Waals surface area contributed by atoms with Gasteiger partial charge in [0, 0.05) is 23.2 Å². The molecule has 0 fully saturated rings. The van der Waals surface area contributed by atoms with Crippen LogP contribution in [0.4, 0.5) is 5.69 Å². The van der Waals surface area contributed by atoms with Crippen molar-refractivity contribution in [1.29, 1.82) is 0 Å². The molecule has 1 N–H and O–H groups in total. The lowest BCUT2D eigenvalue weighted by Gasteiger charge is -2.21. The Labute approximate surface area is 190 Å². The van der Waals surface area contributed by atoms with Gasteiger partial charge in [0.15, 0.2) is 6.04 Å². The lowest BCUT2D eigenvalue weighted by atomic mass is 9.96. The molecule has 4 aromatic rings. The molecule has 0 aliphatic carbocycles. The predicted molar refractivity (Wildman–Crippen MR) is 129 cm³/mol. The SMILES string of the molecule is Cc1cc2c3c(c1)C(c1ccccc1)=NC(c1cccc4nc(C)[nH]c(=O)c14)C(=O)N3CC2. The first kappa shape index (κ1) is 19.6.